The fourth-order valence-electron chi connectivity index (χ4n) is 3.90. The van der Waals surface area contributed by atoms with Crippen LogP contribution in [0.2, 0.25) is 0 Å². The largest absolute Gasteiger partial charge is 0.448 e. The normalized spacial score (nSPS) is 14.3. The Bertz CT molecular complexity index is 1170. The molecule has 2 heterocycles. The number of hydrogen-bond donors (Lipinski definition) is 0. The van der Waals surface area contributed by atoms with Crippen LogP contribution >= 0.6 is 0 Å². The third kappa shape index (κ3) is 4.72. The maximum atomic E-state index is 13.2. The molecule has 3 aromatic rings. The number of esters is 1. The van der Waals surface area contributed by atoms with E-state index in [1.54, 1.807) is 28.8 Å². The highest BCUT2D eigenvalue weighted by Crippen LogP contribution is 2.24. The third-order valence-electron chi connectivity index (χ3n) is 5.76. The van der Waals surface area contributed by atoms with Crippen LogP contribution in [-0.4, -0.2) is 26.1 Å². The fraction of sp³-hybridized carbons (Fsp3) is 0.360. The number of carbonyl (C=O) groups excluding carboxylic acids is 2. The maximum absolute atomic E-state index is 13.2. The highest BCUT2D eigenvalue weighted by molar-refractivity contribution is 6.01. The Balaban J connectivity index is 1.57. The number of ketones is 1. The highest BCUT2D eigenvalue weighted by atomic mass is 16.5. The van der Waals surface area contributed by atoms with E-state index in [4.69, 9.17) is 4.74 Å². The smallest absolute Gasteiger partial charge is 0.346 e. The summed E-state index contributed by atoms with van der Waals surface area (Å²) >= 11 is 0. The van der Waals surface area contributed by atoms with Gasteiger partial charge in [-0.2, -0.15) is 5.10 Å². The van der Waals surface area contributed by atoms with Gasteiger partial charge in [0, 0.05) is 24.1 Å². The van der Waals surface area contributed by atoms with Gasteiger partial charge in [-0.1, -0.05) is 66.1 Å². The Morgan fingerprint density at radius 2 is 1.62 bits per heavy atom. The number of carbonyl (C=O) groups is 2. The van der Waals surface area contributed by atoms with Gasteiger partial charge in [-0.15, -0.1) is 0 Å². The van der Waals surface area contributed by atoms with Crippen LogP contribution in [0.15, 0.2) is 53.3 Å². The number of benzene rings is 2. The molecule has 0 amide bonds. The van der Waals surface area contributed by atoms with Crippen molar-refractivity contribution in [2.24, 2.45) is 0 Å². The number of fused-ring (bicyclic) bond motifs is 1. The molecule has 0 saturated carbocycles. The maximum Gasteiger partial charge on any atom is 0.346 e. The molecular formula is C25H27N3O4. The van der Waals surface area contributed by atoms with E-state index < -0.39 is 12.1 Å². The van der Waals surface area contributed by atoms with E-state index in [0.29, 0.717) is 23.5 Å². The number of nitrogens with zero attached hydrogens (tertiary/aromatic N) is 3. The van der Waals surface area contributed by atoms with Crippen molar-refractivity contribution >= 4 is 11.8 Å². The van der Waals surface area contributed by atoms with Crippen molar-refractivity contribution in [3.05, 3.63) is 87.1 Å². The average Bonchev–Trinajstić information content (AvgIpc) is 2.93. The van der Waals surface area contributed by atoms with Crippen molar-refractivity contribution in [1.29, 1.82) is 0 Å². The van der Waals surface area contributed by atoms with E-state index in [1.807, 2.05) is 38.1 Å². The number of aromatic nitrogens is 3. The zero-order chi connectivity index (χ0) is 22.7. The summed E-state index contributed by atoms with van der Waals surface area (Å²) < 4.78 is 8.42. The van der Waals surface area contributed by atoms with Crippen LogP contribution in [0, 0.1) is 13.8 Å². The number of ether oxygens (including phenoxy) is 1. The molecule has 1 aliphatic heterocycles. The summed E-state index contributed by atoms with van der Waals surface area (Å²) in [6.45, 7) is 4.17. The molecule has 0 spiro atoms. The molecule has 1 aliphatic rings. The predicted octanol–water partition coefficient (Wildman–Crippen LogP) is 3.56. The van der Waals surface area contributed by atoms with E-state index in [0.717, 1.165) is 41.5 Å². The second-order valence-electron chi connectivity index (χ2n) is 8.33. The second kappa shape index (κ2) is 9.34. The van der Waals surface area contributed by atoms with Crippen molar-refractivity contribution in [1.82, 2.24) is 14.3 Å². The van der Waals surface area contributed by atoms with E-state index in [1.165, 1.54) is 0 Å². The van der Waals surface area contributed by atoms with Crippen molar-refractivity contribution < 1.29 is 14.3 Å². The zero-order valence-corrected chi connectivity index (χ0v) is 18.4. The molecule has 4 rings (SSSR count). The molecule has 0 radical (unpaired) electrons. The first kappa shape index (κ1) is 21.7. The van der Waals surface area contributed by atoms with Crippen molar-refractivity contribution in [2.45, 2.75) is 58.7 Å². The first-order valence-electron chi connectivity index (χ1n) is 11.0. The van der Waals surface area contributed by atoms with Crippen LogP contribution in [0.1, 0.15) is 58.2 Å². The molecule has 0 unspecified atom stereocenters. The summed E-state index contributed by atoms with van der Waals surface area (Å²) in [6.07, 6.45) is 2.58. The lowest BCUT2D eigenvalue weighted by Crippen LogP contribution is -2.30. The molecule has 7 heteroatoms. The molecule has 1 aromatic heterocycles. The standard InChI is InChI=1S/C25H27N3O4/c1-17-7-11-19(12-8-17)23(30)24(20-13-9-18(2)10-14-20)32-22(29)16-28-25(31)27-15-5-3-4-6-21(27)26-28/h7-14,24H,3-6,15-16H2,1-2H3/t24-/m1/s1. The van der Waals surface area contributed by atoms with E-state index in [-0.39, 0.29) is 18.0 Å². The van der Waals surface area contributed by atoms with Crippen molar-refractivity contribution in [3.63, 3.8) is 0 Å². The van der Waals surface area contributed by atoms with Gasteiger partial charge in [0.2, 0.25) is 5.78 Å². The number of hydrogen-bond acceptors (Lipinski definition) is 5. The Labute approximate surface area is 186 Å². The van der Waals surface area contributed by atoms with Crippen LogP contribution in [0.3, 0.4) is 0 Å². The summed E-state index contributed by atoms with van der Waals surface area (Å²) in [7, 11) is 0. The molecule has 0 bridgehead atoms. The molecule has 32 heavy (non-hydrogen) atoms. The molecule has 166 valence electrons. The summed E-state index contributed by atoms with van der Waals surface area (Å²) in [6, 6.07) is 14.4. The average molecular weight is 434 g/mol. The molecule has 2 aromatic carbocycles. The van der Waals surface area contributed by atoms with Crippen LogP contribution in [0.25, 0.3) is 0 Å². The Morgan fingerprint density at radius 1 is 0.969 bits per heavy atom. The Kier molecular flexibility index (Phi) is 6.35. The summed E-state index contributed by atoms with van der Waals surface area (Å²) in [5.74, 6) is -0.285. The van der Waals surface area contributed by atoms with Crippen molar-refractivity contribution in [3.8, 4) is 0 Å². The van der Waals surface area contributed by atoms with E-state index >= 15 is 0 Å². The second-order valence-corrected chi connectivity index (χ2v) is 8.33. The summed E-state index contributed by atoms with van der Waals surface area (Å²) in [5, 5.41) is 4.34. The number of Topliss-reactive ketones (excluding diaryl/α,β-unsaturated/α-hetero) is 1. The predicted molar refractivity (Wildman–Crippen MR) is 120 cm³/mol. The first-order chi connectivity index (χ1) is 15.4. The van der Waals surface area contributed by atoms with Gasteiger partial charge in [0.15, 0.2) is 6.10 Å². The van der Waals surface area contributed by atoms with Gasteiger partial charge < -0.3 is 4.74 Å². The highest BCUT2D eigenvalue weighted by Gasteiger charge is 2.27. The Morgan fingerprint density at radius 3 is 2.31 bits per heavy atom. The minimum absolute atomic E-state index is 0.310. The molecule has 1 atom stereocenters. The van der Waals surface area contributed by atoms with Gasteiger partial charge in [0.1, 0.15) is 12.4 Å². The molecule has 0 fully saturated rings. The molecular weight excluding hydrogens is 406 g/mol. The van der Waals surface area contributed by atoms with Gasteiger partial charge in [-0.25, -0.2) is 9.48 Å². The van der Waals surface area contributed by atoms with Crippen molar-refractivity contribution in [2.75, 3.05) is 0 Å². The minimum Gasteiger partial charge on any atom is -0.448 e. The lowest BCUT2D eigenvalue weighted by molar-refractivity contribution is -0.148. The SMILES string of the molecule is Cc1ccc(C(=O)[C@H](OC(=O)Cn2nc3n(c2=O)CCCCC3)c2ccc(C)cc2)cc1. The van der Waals surface area contributed by atoms with Gasteiger partial charge >= 0.3 is 11.7 Å². The molecule has 7 nitrogen and oxygen atoms in total. The van der Waals surface area contributed by atoms with Crippen LogP contribution in [-0.2, 0) is 29.0 Å². The van der Waals surface area contributed by atoms with Gasteiger partial charge in [-0.3, -0.25) is 14.2 Å². The van der Waals surface area contributed by atoms with Gasteiger partial charge in [0.25, 0.3) is 0 Å². The van der Waals surface area contributed by atoms with Crippen LogP contribution < -0.4 is 5.69 Å². The van der Waals surface area contributed by atoms with Gasteiger partial charge in [-0.05, 0) is 26.7 Å². The van der Waals surface area contributed by atoms with E-state index in [9.17, 15) is 14.4 Å². The fourth-order valence-corrected chi connectivity index (χ4v) is 3.90. The monoisotopic (exact) mass is 433 g/mol. The van der Waals surface area contributed by atoms with Crippen LogP contribution in [0.4, 0.5) is 0 Å². The summed E-state index contributed by atoms with van der Waals surface area (Å²) in [5.41, 5.74) is 2.80. The van der Waals surface area contributed by atoms with E-state index in [2.05, 4.69) is 5.10 Å². The molecule has 0 saturated heterocycles. The lowest BCUT2D eigenvalue weighted by Gasteiger charge is -2.18. The lowest BCUT2D eigenvalue weighted by atomic mass is 9.98. The van der Waals surface area contributed by atoms with Gasteiger partial charge in [0.05, 0.1) is 0 Å². The molecule has 0 N–H and O–H groups in total. The quantitative estimate of drug-likeness (QED) is 0.439. The topological polar surface area (TPSA) is 83.2 Å². The minimum atomic E-state index is -1.10. The summed E-state index contributed by atoms with van der Waals surface area (Å²) in [4.78, 5) is 38.7. The Hall–Kier alpha value is -3.48. The zero-order valence-electron chi connectivity index (χ0n) is 18.4. The van der Waals surface area contributed by atoms with Crippen LogP contribution in [0.5, 0.6) is 0 Å². The third-order valence-corrected chi connectivity index (χ3v) is 5.76. The number of rotatable bonds is 6. The first-order valence-corrected chi connectivity index (χ1v) is 11.0. The number of aryl methyl sites for hydroxylation is 3. The molecule has 0 aliphatic carbocycles.